The Balaban J connectivity index is 2.14. The molecule has 22 heavy (non-hydrogen) atoms. The molecule has 0 aliphatic carbocycles. The van der Waals surface area contributed by atoms with E-state index in [-0.39, 0.29) is 5.97 Å². The van der Waals surface area contributed by atoms with Crippen LogP contribution >= 0.6 is 0 Å². The number of benzene rings is 1. The van der Waals surface area contributed by atoms with Gasteiger partial charge in [-0.25, -0.2) is 0 Å². The maximum Gasteiger partial charge on any atom is 0.325 e. The summed E-state index contributed by atoms with van der Waals surface area (Å²) in [6, 6.07) is 6.20. The Morgan fingerprint density at radius 1 is 1.05 bits per heavy atom. The van der Waals surface area contributed by atoms with Crippen LogP contribution < -0.4 is 4.74 Å². The number of hydrogen-bond acceptors (Lipinski definition) is 3. The van der Waals surface area contributed by atoms with Gasteiger partial charge in [0.15, 0.2) is 0 Å². The van der Waals surface area contributed by atoms with Gasteiger partial charge in [0, 0.05) is 0 Å². The first-order valence-corrected chi connectivity index (χ1v) is 8.55. The maximum absolute atomic E-state index is 12.4. The van der Waals surface area contributed by atoms with Crippen molar-refractivity contribution in [2.45, 2.75) is 58.8 Å². The standard InChI is InChI=1S/C19H29NO2/c1-14(2)16-9-8-10-17(15(3)4)19(16)22-18(21)13-20-11-6-5-7-12-20/h8-10,14-15H,5-7,11-13H2,1-4H3. The van der Waals surface area contributed by atoms with Crippen molar-refractivity contribution in [3.8, 4) is 5.75 Å². The molecule has 3 heteroatoms. The summed E-state index contributed by atoms with van der Waals surface area (Å²) in [4.78, 5) is 14.6. The lowest BCUT2D eigenvalue weighted by molar-refractivity contribution is -0.136. The summed E-state index contributed by atoms with van der Waals surface area (Å²) in [5.74, 6) is 1.35. The molecule has 0 amide bonds. The summed E-state index contributed by atoms with van der Waals surface area (Å²) in [7, 11) is 0. The van der Waals surface area contributed by atoms with Crippen LogP contribution in [0.5, 0.6) is 5.75 Å². The van der Waals surface area contributed by atoms with E-state index in [0.29, 0.717) is 18.4 Å². The molecule has 3 nitrogen and oxygen atoms in total. The molecule has 2 rings (SSSR count). The second-order valence-corrected chi connectivity index (χ2v) is 6.89. The van der Waals surface area contributed by atoms with Crippen LogP contribution in [0.25, 0.3) is 0 Å². The molecule has 0 spiro atoms. The van der Waals surface area contributed by atoms with Gasteiger partial charge in [0.25, 0.3) is 0 Å². The van der Waals surface area contributed by atoms with E-state index in [9.17, 15) is 4.79 Å². The van der Waals surface area contributed by atoms with E-state index < -0.39 is 0 Å². The van der Waals surface area contributed by atoms with E-state index in [0.717, 1.165) is 30.0 Å². The first-order chi connectivity index (χ1) is 10.5. The molecule has 0 saturated carbocycles. The monoisotopic (exact) mass is 303 g/mol. The van der Waals surface area contributed by atoms with Crippen molar-refractivity contribution >= 4 is 5.97 Å². The minimum Gasteiger partial charge on any atom is -0.425 e. The van der Waals surface area contributed by atoms with Crippen LogP contribution in [0.3, 0.4) is 0 Å². The van der Waals surface area contributed by atoms with Gasteiger partial charge in [0.2, 0.25) is 0 Å². The van der Waals surface area contributed by atoms with Crippen molar-refractivity contribution in [3.05, 3.63) is 29.3 Å². The largest absolute Gasteiger partial charge is 0.425 e. The molecule has 1 aromatic carbocycles. The Bertz CT molecular complexity index is 476. The summed E-state index contributed by atoms with van der Waals surface area (Å²) in [5, 5.41) is 0. The summed E-state index contributed by atoms with van der Waals surface area (Å²) in [6.45, 7) is 11.0. The van der Waals surface area contributed by atoms with Gasteiger partial charge in [-0.15, -0.1) is 0 Å². The molecule has 1 aromatic rings. The Kier molecular flexibility index (Phi) is 6.01. The molecule has 1 heterocycles. The average molecular weight is 303 g/mol. The molecule has 1 aliphatic heterocycles. The average Bonchev–Trinajstić information content (AvgIpc) is 2.47. The fourth-order valence-electron chi connectivity index (χ4n) is 3.05. The molecule has 122 valence electrons. The normalized spacial score (nSPS) is 16.3. The van der Waals surface area contributed by atoms with E-state index in [4.69, 9.17) is 4.74 Å². The molecular formula is C19H29NO2. The Morgan fingerprint density at radius 3 is 2.09 bits per heavy atom. The molecule has 1 fully saturated rings. The molecule has 0 atom stereocenters. The van der Waals surface area contributed by atoms with E-state index in [1.54, 1.807) is 0 Å². The Morgan fingerprint density at radius 2 is 1.59 bits per heavy atom. The number of likely N-dealkylation sites (tertiary alicyclic amines) is 1. The topological polar surface area (TPSA) is 29.5 Å². The van der Waals surface area contributed by atoms with Crippen LogP contribution in [0.15, 0.2) is 18.2 Å². The summed E-state index contributed by atoms with van der Waals surface area (Å²) >= 11 is 0. The predicted molar refractivity (Wildman–Crippen MR) is 90.5 cm³/mol. The van der Waals surface area contributed by atoms with Gasteiger partial charge in [-0.3, -0.25) is 9.69 Å². The number of rotatable bonds is 5. The smallest absolute Gasteiger partial charge is 0.325 e. The zero-order chi connectivity index (χ0) is 16.1. The summed E-state index contributed by atoms with van der Waals surface area (Å²) < 4.78 is 5.82. The first kappa shape index (κ1) is 17.0. The fourth-order valence-corrected chi connectivity index (χ4v) is 3.05. The number of piperidine rings is 1. The quantitative estimate of drug-likeness (QED) is 0.599. The van der Waals surface area contributed by atoms with E-state index >= 15 is 0 Å². The molecule has 0 radical (unpaired) electrons. The SMILES string of the molecule is CC(C)c1cccc(C(C)C)c1OC(=O)CN1CCCCC1. The molecule has 1 saturated heterocycles. The van der Waals surface area contributed by atoms with Crippen LogP contribution in [-0.4, -0.2) is 30.5 Å². The third-order valence-electron chi connectivity index (χ3n) is 4.34. The lowest BCUT2D eigenvalue weighted by Gasteiger charge is -2.26. The van der Waals surface area contributed by atoms with Crippen LogP contribution in [0, 0.1) is 0 Å². The van der Waals surface area contributed by atoms with Gasteiger partial charge in [0.1, 0.15) is 5.75 Å². The van der Waals surface area contributed by atoms with Gasteiger partial charge >= 0.3 is 5.97 Å². The van der Waals surface area contributed by atoms with Gasteiger partial charge in [-0.2, -0.15) is 0 Å². The minimum atomic E-state index is -0.128. The third-order valence-corrected chi connectivity index (χ3v) is 4.34. The van der Waals surface area contributed by atoms with Crippen LogP contribution in [0.4, 0.5) is 0 Å². The summed E-state index contributed by atoms with van der Waals surface area (Å²) in [5.41, 5.74) is 2.25. The van der Waals surface area contributed by atoms with E-state index in [1.807, 2.05) is 0 Å². The highest BCUT2D eigenvalue weighted by Gasteiger charge is 2.20. The van der Waals surface area contributed by atoms with E-state index in [1.165, 1.54) is 19.3 Å². The molecule has 1 aliphatic rings. The predicted octanol–water partition coefficient (Wildman–Crippen LogP) is 4.32. The fraction of sp³-hybridized carbons (Fsp3) is 0.632. The number of ether oxygens (including phenoxy) is 1. The highest BCUT2D eigenvalue weighted by atomic mass is 16.5. The number of nitrogens with zero attached hydrogens (tertiary/aromatic N) is 1. The Hall–Kier alpha value is -1.35. The Labute approximate surface area is 134 Å². The van der Waals surface area contributed by atoms with Gasteiger partial charge in [-0.05, 0) is 48.9 Å². The molecular weight excluding hydrogens is 274 g/mol. The third kappa shape index (κ3) is 4.33. The minimum absolute atomic E-state index is 0.128. The van der Waals surface area contributed by atoms with E-state index in [2.05, 4.69) is 50.8 Å². The molecule has 0 unspecified atom stereocenters. The first-order valence-electron chi connectivity index (χ1n) is 8.55. The highest BCUT2D eigenvalue weighted by molar-refractivity contribution is 5.75. The van der Waals surface area contributed by atoms with Crippen LogP contribution in [-0.2, 0) is 4.79 Å². The summed E-state index contributed by atoms with van der Waals surface area (Å²) in [6.07, 6.45) is 3.65. The van der Waals surface area contributed by atoms with Crippen LogP contribution in [0.1, 0.15) is 69.9 Å². The van der Waals surface area contributed by atoms with Crippen molar-refractivity contribution in [1.29, 1.82) is 0 Å². The van der Waals surface area contributed by atoms with Crippen molar-refractivity contribution in [3.63, 3.8) is 0 Å². The number of carbonyl (C=O) groups is 1. The zero-order valence-corrected chi connectivity index (χ0v) is 14.4. The molecule has 0 aromatic heterocycles. The number of hydrogen-bond donors (Lipinski definition) is 0. The van der Waals surface area contributed by atoms with Crippen molar-refractivity contribution in [1.82, 2.24) is 4.90 Å². The lowest BCUT2D eigenvalue weighted by atomic mass is 9.94. The molecule has 0 N–H and O–H groups in total. The number of esters is 1. The van der Waals surface area contributed by atoms with Crippen molar-refractivity contribution in [2.24, 2.45) is 0 Å². The number of carbonyl (C=O) groups excluding carboxylic acids is 1. The van der Waals surface area contributed by atoms with Crippen LogP contribution in [0.2, 0.25) is 0 Å². The molecule has 0 bridgehead atoms. The highest BCUT2D eigenvalue weighted by Crippen LogP contribution is 2.34. The van der Waals surface area contributed by atoms with Crippen molar-refractivity contribution < 1.29 is 9.53 Å². The lowest BCUT2D eigenvalue weighted by Crippen LogP contribution is -2.36. The number of para-hydroxylation sites is 1. The van der Waals surface area contributed by atoms with Crippen molar-refractivity contribution in [2.75, 3.05) is 19.6 Å². The van der Waals surface area contributed by atoms with Gasteiger partial charge < -0.3 is 4.74 Å². The maximum atomic E-state index is 12.4. The van der Waals surface area contributed by atoms with Gasteiger partial charge in [-0.1, -0.05) is 52.3 Å². The second kappa shape index (κ2) is 7.77. The second-order valence-electron chi connectivity index (χ2n) is 6.89. The zero-order valence-electron chi connectivity index (χ0n) is 14.4. The van der Waals surface area contributed by atoms with Gasteiger partial charge in [0.05, 0.1) is 6.54 Å².